The zero-order chi connectivity index (χ0) is 9.26. The summed E-state index contributed by atoms with van der Waals surface area (Å²) in [6, 6.07) is 1.58. The molecule has 0 spiro atoms. The van der Waals surface area contributed by atoms with Crippen molar-refractivity contribution in [1.82, 2.24) is 10.1 Å². The molecule has 0 amide bonds. The maximum absolute atomic E-state index is 10.9. The highest BCUT2D eigenvalue weighted by atomic mass is 16.5. The van der Waals surface area contributed by atoms with Gasteiger partial charge in [0.2, 0.25) is 0 Å². The summed E-state index contributed by atoms with van der Waals surface area (Å²) in [6.07, 6.45) is 2.13. The van der Waals surface area contributed by atoms with E-state index < -0.39 is 0 Å². The molecule has 0 saturated carbocycles. The Hall–Kier alpha value is -1.03. The molecule has 4 heteroatoms. The van der Waals surface area contributed by atoms with Gasteiger partial charge in [0.15, 0.2) is 0 Å². The van der Waals surface area contributed by atoms with E-state index in [0.29, 0.717) is 5.92 Å². The first kappa shape index (κ1) is 8.56. The van der Waals surface area contributed by atoms with Crippen LogP contribution in [-0.2, 0) is 13.5 Å². The lowest BCUT2D eigenvalue weighted by atomic mass is 10.0. The van der Waals surface area contributed by atoms with E-state index in [0.717, 1.165) is 25.2 Å². The van der Waals surface area contributed by atoms with E-state index in [1.54, 1.807) is 17.9 Å². The van der Waals surface area contributed by atoms with Gasteiger partial charge in [-0.1, -0.05) is 0 Å². The van der Waals surface area contributed by atoms with Gasteiger partial charge in [-0.3, -0.25) is 0 Å². The van der Waals surface area contributed by atoms with Crippen LogP contribution >= 0.6 is 0 Å². The summed E-state index contributed by atoms with van der Waals surface area (Å²) in [5, 5.41) is 3.30. The Morgan fingerprint density at radius 1 is 1.77 bits per heavy atom. The normalized spacial score (nSPS) is 22.4. The highest BCUT2D eigenvalue weighted by Gasteiger charge is 2.17. The minimum Gasteiger partial charge on any atom is -0.337 e. The van der Waals surface area contributed by atoms with E-state index in [9.17, 15) is 4.79 Å². The van der Waals surface area contributed by atoms with Gasteiger partial charge in [-0.15, -0.1) is 0 Å². The number of nitrogens with zero attached hydrogens (tertiary/aromatic N) is 1. The third-order valence-corrected chi connectivity index (χ3v) is 2.58. The van der Waals surface area contributed by atoms with Gasteiger partial charge in [0.05, 0.1) is 5.69 Å². The fraction of sp³-hybridized carbons (Fsp3) is 0.667. The van der Waals surface area contributed by atoms with Crippen molar-refractivity contribution in [3.05, 3.63) is 22.2 Å². The molecule has 1 unspecified atom stereocenters. The molecule has 4 nitrogen and oxygen atoms in total. The third kappa shape index (κ3) is 1.83. The van der Waals surface area contributed by atoms with E-state index in [1.165, 1.54) is 6.42 Å². The second-order valence-corrected chi connectivity index (χ2v) is 3.61. The van der Waals surface area contributed by atoms with Gasteiger partial charge in [-0.05, 0) is 31.8 Å². The molecule has 13 heavy (non-hydrogen) atoms. The summed E-state index contributed by atoms with van der Waals surface area (Å²) in [5.41, 5.74) is 0.752. The molecule has 1 aliphatic rings. The van der Waals surface area contributed by atoms with Crippen molar-refractivity contribution in [3.63, 3.8) is 0 Å². The molecular weight excluding hydrogens is 168 g/mol. The summed E-state index contributed by atoms with van der Waals surface area (Å²) < 4.78 is 6.44. The summed E-state index contributed by atoms with van der Waals surface area (Å²) in [6.45, 7) is 2.15. The third-order valence-electron chi connectivity index (χ3n) is 2.58. The number of nitrogens with one attached hydrogen (secondary N) is 1. The summed E-state index contributed by atoms with van der Waals surface area (Å²) in [4.78, 5) is 10.9. The van der Waals surface area contributed by atoms with E-state index in [1.807, 2.05) is 0 Å². The van der Waals surface area contributed by atoms with Crippen molar-refractivity contribution in [2.24, 2.45) is 13.0 Å². The van der Waals surface area contributed by atoms with E-state index in [-0.39, 0.29) is 5.63 Å². The molecule has 72 valence electrons. The molecular formula is C9H14N2O2. The molecule has 1 fully saturated rings. The molecule has 2 rings (SSSR count). The SMILES string of the molecule is Cn1oc(=O)cc1CC1CCNC1. The first-order valence-corrected chi connectivity index (χ1v) is 4.62. The Morgan fingerprint density at radius 3 is 3.15 bits per heavy atom. The maximum Gasteiger partial charge on any atom is 0.357 e. The summed E-state index contributed by atoms with van der Waals surface area (Å²) in [7, 11) is 1.78. The fourth-order valence-corrected chi connectivity index (χ4v) is 1.82. The van der Waals surface area contributed by atoms with E-state index in [4.69, 9.17) is 4.52 Å². The van der Waals surface area contributed by atoms with Crippen molar-refractivity contribution in [1.29, 1.82) is 0 Å². The van der Waals surface area contributed by atoms with Crippen molar-refractivity contribution < 1.29 is 4.52 Å². The maximum atomic E-state index is 10.9. The first-order valence-electron chi connectivity index (χ1n) is 4.62. The molecule has 0 aromatic carbocycles. The number of rotatable bonds is 2. The predicted octanol–water partition coefficient (Wildman–Crippen LogP) is 0.130. The van der Waals surface area contributed by atoms with Crippen LogP contribution in [0, 0.1) is 5.92 Å². The van der Waals surface area contributed by atoms with Gasteiger partial charge in [-0.2, -0.15) is 0 Å². The standard InChI is InChI=1S/C9H14N2O2/c1-11-8(5-9(12)13-11)4-7-2-3-10-6-7/h5,7,10H,2-4,6H2,1H3. The Labute approximate surface area is 76.5 Å². The lowest BCUT2D eigenvalue weighted by Gasteiger charge is -2.06. The molecule has 1 aromatic rings. The first-order chi connectivity index (χ1) is 6.25. The van der Waals surface area contributed by atoms with Crippen LogP contribution in [0.25, 0.3) is 0 Å². The van der Waals surface area contributed by atoms with Gasteiger partial charge in [0.1, 0.15) is 0 Å². The van der Waals surface area contributed by atoms with Crippen LogP contribution in [0.3, 0.4) is 0 Å². The Balaban J connectivity index is 2.08. The Kier molecular flexibility index (Phi) is 2.22. The van der Waals surface area contributed by atoms with E-state index in [2.05, 4.69) is 5.32 Å². The number of aromatic nitrogens is 1. The highest BCUT2D eigenvalue weighted by molar-refractivity contribution is 5.00. The molecule has 1 atom stereocenters. The van der Waals surface area contributed by atoms with Crippen LogP contribution in [0.1, 0.15) is 12.1 Å². The molecule has 0 radical (unpaired) electrons. The molecule has 1 saturated heterocycles. The topological polar surface area (TPSA) is 47.2 Å². The molecule has 1 aliphatic heterocycles. The zero-order valence-corrected chi connectivity index (χ0v) is 7.75. The molecule has 0 bridgehead atoms. The Morgan fingerprint density at radius 2 is 2.62 bits per heavy atom. The predicted molar refractivity (Wildman–Crippen MR) is 48.6 cm³/mol. The molecule has 2 heterocycles. The van der Waals surface area contributed by atoms with Crippen LogP contribution in [0.5, 0.6) is 0 Å². The van der Waals surface area contributed by atoms with Gasteiger partial charge in [-0.25, -0.2) is 9.53 Å². The van der Waals surface area contributed by atoms with Crippen molar-refractivity contribution in [3.8, 4) is 0 Å². The summed E-state index contributed by atoms with van der Waals surface area (Å²) >= 11 is 0. The van der Waals surface area contributed by atoms with Crippen LogP contribution < -0.4 is 10.9 Å². The molecule has 1 aromatic heterocycles. The lowest BCUT2D eigenvalue weighted by molar-refractivity contribution is 0.273. The van der Waals surface area contributed by atoms with Gasteiger partial charge < -0.3 is 9.84 Å². The van der Waals surface area contributed by atoms with Gasteiger partial charge in [0.25, 0.3) is 0 Å². The van der Waals surface area contributed by atoms with Crippen molar-refractivity contribution in [2.45, 2.75) is 12.8 Å². The number of hydrogen-bond acceptors (Lipinski definition) is 3. The minimum absolute atomic E-state index is 0.247. The van der Waals surface area contributed by atoms with Gasteiger partial charge in [0, 0.05) is 13.1 Å². The Bertz CT molecular complexity index is 334. The van der Waals surface area contributed by atoms with E-state index >= 15 is 0 Å². The monoisotopic (exact) mass is 182 g/mol. The van der Waals surface area contributed by atoms with Gasteiger partial charge >= 0.3 is 5.63 Å². The number of aryl methyl sites for hydroxylation is 1. The number of hydrogen-bond donors (Lipinski definition) is 1. The quantitative estimate of drug-likeness (QED) is 0.707. The van der Waals surface area contributed by atoms with Crippen LogP contribution in [0.15, 0.2) is 15.4 Å². The summed E-state index contributed by atoms with van der Waals surface area (Å²) in [5.74, 6) is 0.656. The fourth-order valence-electron chi connectivity index (χ4n) is 1.82. The van der Waals surface area contributed by atoms with Crippen LogP contribution in [-0.4, -0.2) is 17.8 Å². The highest BCUT2D eigenvalue weighted by Crippen LogP contribution is 2.13. The lowest BCUT2D eigenvalue weighted by Crippen LogP contribution is -2.12. The average molecular weight is 182 g/mol. The van der Waals surface area contributed by atoms with Crippen molar-refractivity contribution >= 4 is 0 Å². The average Bonchev–Trinajstić information content (AvgIpc) is 2.63. The largest absolute Gasteiger partial charge is 0.357 e. The zero-order valence-electron chi connectivity index (χ0n) is 7.75. The smallest absolute Gasteiger partial charge is 0.337 e. The van der Waals surface area contributed by atoms with Crippen molar-refractivity contribution in [2.75, 3.05) is 13.1 Å². The second-order valence-electron chi connectivity index (χ2n) is 3.61. The minimum atomic E-state index is -0.247. The van der Waals surface area contributed by atoms with Crippen LogP contribution in [0.2, 0.25) is 0 Å². The molecule has 0 aliphatic carbocycles. The molecule has 1 N–H and O–H groups in total. The van der Waals surface area contributed by atoms with Crippen LogP contribution in [0.4, 0.5) is 0 Å². The second kappa shape index (κ2) is 3.38.